The summed E-state index contributed by atoms with van der Waals surface area (Å²) >= 11 is 0. The maximum absolute atomic E-state index is 13.4. The third-order valence-corrected chi connectivity index (χ3v) is 7.09. The number of allylic oxidation sites excluding steroid dienone is 1. The lowest BCUT2D eigenvalue weighted by Gasteiger charge is -2.25. The number of rotatable bonds is 19. The third-order valence-electron chi connectivity index (χ3n) is 7.09. The molecule has 0 heterocycles. The number of carboxylic acid groups (broad SMARTS) is 1. The summed E-state index contributed by atoms with van der Waals surface area (Å²) in [5.41, 5.74) is 14.0. The van der Waals surface area contributed by atoms with Crippen LogP contribution in [0.15, 0.2) is 66.0 Å². The van der Waals surface area contributed by atoms with E-state index in [-0.39, 0.29) is 37.9 Å². The average molecular weight is 637 g/mol. The molecule has 0 bridgehead atoms. The summed E-state index contributed by atoms with van der Waals surface area (Å²) in [5.74, 6) is -3.39. The zero-order chi connectivity index (χ0) is 34.2. The lowest BCUT2D eigenvalue weighted by Crippen LogP contribution is -2.56. The minimum absolute atomic E-state index is 0.00695. The van der Waals surface area contributed by atoms with Gasteiger partial charge in [0.1, 0.15) is 18.1 Å². The number of hydrogen-bond donors (Lipinski definition) is 7. The van der Waals surface area contributed by atoms with Crippen LogP contribution < -0.4 is 32.7 Å². The smallest absolute Gasteiger partial charge is 0.303 e. The van der Waals surface area contributed by atoms with E-state index in [0.29, 0.717) is 35.5 Å². The van der Waals surface area contributed by atoms with E-state index >= 15 is 0 Å². The Labute approximate surface area is 268 Å². The third kappa shape index (κ3) is 12.8. The first kappa shape index (κ1) is 37.0. The zero-order valence-electron chi connectivity index (χ0n) is 26.4. The maximum Gasteiger partial charge on any atom is 0.303 e. The predicted octanol–water partition coefficient (Wildman–Crippen LogP) is 1.25. The fraction of sp³-hybridized carbons (Fsp3) is 0.394. The highest BCUT2D eigenvalue weighted by molar-refractivity contribution is 6.09. The van der Waals surface area contributed by atoms with E-state index < -0.39 is 47.7 Å². The van der Waals surface area contributed by atoms with Gasteiger partial charge in [0.15, 0.2) is 5.78 Å². The normalized spacial score (nSPS) is 12.5. The van der Waals surface area contributed by atoms with Crippen molar-refractivity contribution in [3.63, 3.8) is 0 Å². The largest absolute Gasteiger partial charge is 0.481 e. The number of hydrogen-bond acceptors (Lipinski definition) is 8. The first-order valence-electron chi connectivity index (χ1n) is 15.0. The van der Waals surface area contributed by atoms with Crippen molar-refractivity contribution < 1.29 is 33.9 Å². The number of nitrogens with one attached hydrogen (secondary N) is 4. The van der Waals surface area contributed by atoms with E-state index in [1.807, 2.05) is 19.9 Å². The van der Waals surface area contributed by atoms with Gasteiger partial charge < -0.3 is 37.8 Å². The van der Waals surface area contributed by atoms with Gasteiger partial charge in [-0.05, 0) is 50.7 Å². The highest BCUT2D eigenvalue weighted by Gasteiger charge is 2.29. The fourth-order valence-electron chi connectivity index (χ4n) is 4.50. The molecule has 3 atom stereocenters. The topological polar surface area (TPSA) is 223 Å². The van der Waals surface area contributed by atoms with Crippen LogP contribution >= 0.6 is 0 Å². The summed E-state index contributed by atoms with van der Waals surface area (Å²) in [6.07, 6.45) is 0.457. The average Bonchev–Trinajstić information content (AvgIpc) is 3.01. The van der Waals surface area contributed by atoms with Crippen molar-refractivity contribution in [3.8, 4) is 0 Å². The van der Waals surface area contributed by atoms with Crippen molar-refractivity contribution in [2.24, 2.45) is 11.5 Å². The van der Waals surface area contributed by atoms with E-state index in [0.717, 1.165) is 5.57 Å². The van der Waals surface area contributed by atoms with Gasteiger partial charge >= 0.3 is 5.97 Å². The second-order valence-corrected chi connectivity index (χ2v) is 11.1. The molecule has 0 aliphatic rings. The molecule has 0 saturated carbocycles. The van der Waals surface area contributed by atoms with Crippen LogP contribution in [-0.4, -0.2) is 65.2 Å². The summed E-state index contributed by atoms with van der Waals surface area (Å²) in [5, 5.41) is 19.9. The number of primary amides is 1. The van der Waals surface area contributed by atoms with Gasteiger partial charge in [0.2, 0.25) is 23.6 Å². The predicted molar refractivity (Wildman–Crippen MR) is 172 cm³/mol. The number of carbonyl (C=O) groups excluding carboxylic acids is 5. The zero-order valence-corrected chi connectivity index (χ0v) is 26.4. The number of nitrogens with two attached hydrogens (primary N) is 2. The molecule has 0 fully saturated rings. The van der Waals surface area contributed by atoms with Crippen molar-refractivity contribution in [1.82, 2.24) is 21.3 Å². The molecule has 4 amide bonds. The lowest BCUT2D eigenvalue weighted by molar-refractivity contribution is -0.137. The number of amides is 4. The van der Waals surface area contributed by atoms with Crippen LogP contribution in [0.3, 0.4) is 0 Å². The molecule has 46 heavy (non-hydrogen) atoms. The standard InChI is InChI=1S/C33H44N6O7/c1-20(2)30(34)36-18-8-12-25(37-21(3)40)32(45)38-26(11-7-13-28(41)42)33(46)39-27(31(35)44)19-22-14-16-24(17-15-22)29(43)23-9-5-4-6-10-23/h4-6,9-10,14-17,25-27,36H,7-8,11-13,18-19,34H2,1-3H3,(H2,35,44)(H,37,40)(H,38,45)(H,39,46)(H,41,42). The molecule has 248 valence electrons. The second kappa shape index (κ2) is 18.6. The van der Waals surface area contributed by atoms with E-state index in [1.165, 1.54) is 6.92 Å². The Morgan fingerprint density at radius 1 is 0.717 bits per heavy atom. The molecule has 0 aromatic heterocycles. The molecule has 0 spiro atoms. The Kier molecular flexibility index (Phi) is 14.9. The molecular formula is C33H44N6O7. The van der Waals surface area contributed by atoms with Crippen LogP contribution in [0.25, 0.3) is 0 Å². The van der Waals surface area contributed by atoms with Gasteiger partial charge in [-0.3, -0.25) is 28.8 Å². The molecule has 3 unspecified atom stereocenters. The molecule has 2 rings (SSSR count). The number of ketones is 1. The lowest BCUT2D eigenvalue weighted by atomic mass is 9.99. The van der Waals surface area contributed by atoms with Crippen molar-refractivity contribution in [1.29, 1.82) is 0 Å². The van der Waals surface area contributed by atoms with Gasteiger partial charge in [-0.15, -0.1) is 0 Å². The monoisotopic (exact) mass is 636 g/mol. The van der Waals surface area contributed by atoms with Crippen molar-refractivity contribution in [2.45, 2.75) is 77.4 Å². The Hall–Kier alpha value is -5.20. The Morgan fingerprint density at radius 2 is 1.26 bits per heavy atom. The number of carboxylic acids is 1. The number of aliphatic carboxylic acids is 1. The van der Waals surface area contributed by atoms with Crippen LogP contribution in [-0.2, 0) is 30.4 Å². The Bertz CT molecular complexity index is 1410. The van der Waals surface area contributed by atoms with Crippen molar-refractivity contribution in [3.05, 3.63) is 82.7 Å². The summed E-state index contributed by atoms with van der Waals surface area (Å²) < 4.78 is 0. The van der Waals surface area contributed by atoms with Gasteiger partial charge in [-0.2, -0.15) is 0 Å². The molecule has 0 aliphatic carbocycles. The molecule has 0 aliphatic heterocycles. The molecule has 2 aromatic rings. The molecule has 0 saturated heterocycles. The van der Waals surface area contributed by atoms with Gasteiger partial charge in [0.25, 0.3) is 0 Å². The number of benzene rings is 2. The van der Waals surface area contributed by atoms with Gasteiger partial charge in [0.05, 0.1) is 5.82 Å². The molecular weight excluding hydrogens is 592 g/mol. The minimum atomic E-state index is -1.21. The molecule has 13 nitrogen and oxygen atoms in total. The van der Waals surface area contributed by atoms with Crippen LogP contribution in [0.5, 0.6) is 0 Å². The quantitative estimate of drug-likeness (QED) is 0.0869. The van der Waals surface area contributed by atoms with Gasteiger partial charge in [0, 0.05) is 37.4 Å². The minimum Gasteiger partial charge on any atom is -0.481 e. The summed E-state index contributed by atoms with van der Waals surface area (Å²) in [7, 11) is 0. The van der Waals surface area contributed by atoms with Crippen LogP contribution in [0.1, 0.15) is 74.4 Å². The maximum atomic E-state index is 13.4. The summed E-state index contributed by atoms with van der Waals surface area (Å²) in [6, 6.07) is 11.9. The molecule has 9 N–H and O–H groups in total. The van der Waals surface area contributed by atoms with Crippen LogP contribution in [0.2, 0.25) is 0 Å². The summed E-state index contributed by atoms with van der Waals surface area (Å²) in [4.78, 5) is 74.6. The highest BCUT2D eigenvalue weighted by Crippen LogP contribution is 2.13. The Morgan fingerprint density at radius 3 is 1.80 bits per heavy atom. The SMILES string of the molecule is CC(=O)NC(CCCNC(N)=C(C)C)C(=O)NC(CCCC(=O)O)C(=O)NC(Cc1ccc(C(=O)c2ccccc2)cc1)C(N)=O. The van der Waals surface area contributed by atoms with Crippen LogP contribution in [0.4, 0.5) is 0 Å². The van der Waals surface area contributed by atoms with Gasteiger partial charge in [-0.25, -0.2) is 0 Å². The van der Waals surface area contributed by atoms with E-state index in [9.17, 15) is 28.8 Å². The van der Waals surface area contributed by atoms with Crippen LogP contribution in [0, 0.1) is 0 Å². The Balaban J connectivity index is 2.14. The van der Waals surface area contributed by atoms with E-state index in [1.54, 1.807) is 48.5 Å². The van der Waals surface area contributed by atoms with Crippen molar-refractivity contribution >= 4 is 35.4 Å². The van der Waals surface area contributed by atoms with Gasteiger partial charge in [-0.1, -0.05) is 54.6 Å². The fourth-order valence-corrected chi connectivity index (χ4v) is 4.50. The second-order valence-electron chi connectivity index (χ2n) is 11.1. The van der Waals surface area contributed by atoms with E-state index in [2.05, 4.69) is 21.3 Å². The number of carbonyl (C=O) groups is 6. The molecule has 13 heteroatoms. The van der Waals surface area contributed by atoms with Crippen molar-refractivity contribution in [2.75, 3.05) is 6.54 Å². The highest BCUT2D eigenvalue weighted by atomic mass is 16.4. The molecule has 0 radical (unpaired) electrons. The molecule has 2 aromatic carbocycles. The van der Waals surface area contributed by atoms with E-state index in [4.69, 9.17) is 16.6 Å². The first-order valence-corrected chi connectivity index (χ1v) is 15.0. The first-order chi connectivity index (χ1) is 21.8. The summed E-state index contributed by atoms with van der Waals surface area (Å²) in [6.45, 7) is 5.39.